The minimum Gasteiger partial charge on any atom is -0.340 e. The fourth-order valence-electron chi connectivity index (χ4n) is 2.73. The lowest BCUT2D eigenvalue weighted by molar-refractivity contribution is -0.132. The Labute approximate surface area is 144 Å². The van der Waals surface area contributed by atoms with E-state index in [1.54, 1.807) is 29.5 Å². The number of amides is 1. The van der Waals surface area contributed by atoms with Crippen LogP contribution in [0.5, 0.6) is 0 Å². The SMILES string of the molecule is O=C(Cc1ccccc1F)N1CCN(Cc2ccc(Cl)s2)CC1. The van der Waals surface area contributed by atoms with Crippen LogP contribution < -0.4 is 0 Å². The van der Waals surface area contributed by atoms with Gasteiger partial charge >= 0.3 is 0 Å². The maximum atomic E-state index is 13.6. The third-order valence-electron chi connectivity index (χ3n) is 4.03. The smallest absolute Gasteiger partial charge is 0.227 e. The molecule has 6 heteroatoms. The van der Waals surface area contributed by atoms with Crippen molar-refractivity contribution in [1.82, 2.24) is 9.80 Å². The van der Waals surface area contributed by atoms with Crippen LogP contribution >= 0.6 is 22.9 Å². The highest BCUT2D eigenvalue weighted by Crippen LogP contribution is 2.23. The van der Waals surface area contributed by atoms with E-state index in [-0.39, 0.29) is 18.1 Å². The fourth-order valence-corrected chi connectivity index (χ4v) is 3.86. The quantitative estimate of drug-likeness (QED) is 0.841. The highest BCUT2D eigenvalue weighted by molar-refractivity contribution is 7.16. The van der Waals surface area contributed by atoms with Crippen molar-refractivity contribution < 1.29 is 9.18 Å². The fraction of sp³-hybridized carbons (Fsp3) is 0.353. The zero-order valence-electron chi connectivity index (χ0n) is 12.7. The monoisotopic (exact) mass is 352 g/mol. The molecule has 0 N–H and O–H groups in total. The van der Waals surface area contributed by atoms with Gasteiger partial charge in [0.2, 0.25) is 5.91 Å². The molecule has 1 aliphatic rings. The molecule has 1 aromatic carbocycles. The standard InChI is InChI=1S/C17H18ClFN2OS/c18-16-6-5-14(23-16)12-20-7-9-21(10-8-20)17(22)11-13-3-1-2-4-15(13)19/h1-6H,7-12H2. The average molecular weight is 353 g/mol. The highest BCUT2D eigenvalue weighted by Gasteiger charge is 2.22. The second-order valence-electron chi connectivity index (χ2n) is 5.63. The van der Waals surface area contributed by atoms with E-state index in [1.165, 1.54) is 10.9 Å². The van der Waals surface area contributed by atoms with E-state index in [1.807, 2.05) is 17.0 Å². The van der Waals surface area contributed by atoms with E-state index >= 15 is 0 Å². The third kappa shape index (κ3) is 4.31. The first-order valence-corrected chi connectivity index (χ1v) is 8.79. The first-order valence-electron chi connectivity index (χ1n) is 7.59. The predicted octanol–water partition coefficient (Wildman–Crippen LogP) is 3.43. The molecular weight excluding hydrogens is 335 g/mol. The number of carbonyl (C=O) groups excluding carboxylic acids is 1. The first kappa shape index (κ1) is 16.4. The Hall–Kier alpha value is -1.43. The Morgan fingerprint density at radius 2 is 1.87 bits per heavy atom. The topological polar surface area (TPSA) is 23.6 Å². The minimum absolute atomic E-state index is 0.00563. The molecule has 0 atom stereocenters. The zero-order chi connectivity index (χ0) is 16.2. The molecule has 1 aromatic heterocycles. The van der Waals surface area contributed by atoms with Crippen LogP contribution in [0.2, 0.25) is 4.34 Å². The van der Waals surface area contributed by atoms with Gasteiger partial charge in [-0.1, -0.05) is 29.8 Å². The molecule has 0 bridgehead atoms. The van der Waals surface area contributed by atoms with E-state index in [2.05, 4.69) is 4.90 Å². The zero-order valence-corrected chi connectivity index (χ0v) is 14.2. The summed E-state index contributed by atoms with van der Waals surface area (Å²) in [6.45, 7) is 3.91. The van der Waals surface area contributed by atoms with Gasteiger partial charge in [0.05, 0.1) is 10.8 Å². The average Bonchev–Trinajstić information content (AvgIpc) is 2.95. The predicted molar refractivity (Wildman–Crippen MR) is 91.3 cm³/mol. The van der Waals surface area contributed by atoms with Gasteiger partial charge in [-0.2, -0.15) is 0 Å². The number of hydrogen-bond donors (Lipinski definition) is 0. The van der Waals surface area contributed by atoms with Gasteiger partial charge in [0.15, 0.2) is 0 Å². The van der Waals surface area contributed by atoms with Gasteiger partial charge in [-0.15, -0.1) is 11.3 Å². The molecule has 3 rings (SSSR count). The van der Waals surface area contributed by atoms with Crippen molar-refractivity contribution in [3.05, 3.63) is 57.0 Å². The molecule has 122 valence electrons. The van der Waals surface area contributed by atoms with Crippen LogP contribution in [0.1, 0.15) is 10.4 Å². The molecular formula is C17H18ClFN2OS. The van der Waals surface area contributed by atoms with Crippen molar-refractivity contribution in [2.75, 3.05) is 26.2 Å². The van der Waals surface area contributed by atoms with Gasteiger partial charge in [0.1, 0.15) is 5.82 Å². The summed E-state index contributed by atoms with van der Waals surface area (Å²) in [6, 6.07) is 10.4. The number of carbonyl (C=O) groups is 1. The van der Waals surface area contributed by atoms with E-state index < -0.39 is 0 Å². The number of benzene rings is 1. The molecule has 1 amide bonds. The molecule has 1 aliphatic heterocycles. The van der Waals surface area contributed by atoms with E-state index in [0.29, 0.717) is 18.7 Å². The molecule has 2 aromatic rings. The van der Waals surface area contributed by atoms with E-state index in [4.69, 9.17) is 11.6 Å². The molecule has 1 saturated heterocycles. The number of nitrogens with zero attached hydrogens (tertiary/aromatic N) is 2. The Morgan fingerprint density at radius 1 is 1.13 bits per heavy atom. The van der Waals surface area contributed by atoms with E-state index in [9.17, 15) is 9.18 Å². The van der Waals surface area contributed by atoms with Crippen LogP contribution in [-0.2, 0) is 17.8 Å². The lowest BCUT2D eigenvalue weighted by Gasteiger charge is -2.34. The Morgan fingerprint density at radius 3 is 2.52 bits per heavy atom. The number of halogens is 2. The Balaban J connectivity index is 1.50. The summed E-state index contributed by atoms with van der Waals surface area (Å²) >= 11 is 7.54. The maximum absolute atomic E-state index is 13.6. The van der Waals surface area contributed by atoms with Gasteiger partial charge in [0.25, 0.3) is 0 Å². The molecule has 2 heterocycles. The van der Waals surface area contributed by atoms with Gasteiger partial charge in [-0.25, -0.2) is 4.39 Å². The normalized spacial score (nSPS) is 15.8. The summed E-state index contributed by atoms with van der Waals surface area (Å²) < 4.78 is 14.4. The number of piperazine rings is 1. The van der Waals surface area contributed by atoms with Crippen molar-refractivity contribution in [2.45, 2.75) is 13.0 Å². The van der Waals surface area contributed by atoms with Gasteiger partial charge in [-0.3, -0.25) is 9.69 Å². The minimum atomic E-state index is -0.311. The summed E-state index contributed by atoms with van der Waals surface area (Å²) in [4.78, 5) is 17.7. The van der Waals surface area contributed by atoms with Crippen LogP contribution in [0.4, 0.5) is 4.39 Å². The summed E-state index contributed by atoms with van der Waals surface area (Å²) in [7, 11) is 0. The molecule has 0 radical (unpaired) electrons. The molecule has 3 nitrogen and oxygen atoms in total. The van der Waals surface area contributed by atoms with Crippen molar-refractivity contribution in [2.24, 2.45) is 0 Å². The highest BCUT2D eigenvalue weighted by atomic mass is 35.5. The molecule has 1 fully saturated rings. The van der Waals surface area contributed by atoms with Crippen molar-refractivity contribution in [3.63, 3.8) is 0 Å². The van der Waals surface area contributed by atoms with Crippen molar-refractivity contribution >= 4 is 28.8 Å². The molecule has 0 unspecified atom stereocenters. The second-order valence-corrected chi connectivity index (χ2v) is 7.43. The largest absolute Gasteiger partial charge is 0.340 e. The molecule has 23 heavy (non-hydrogen) atoms. The summed E-state index contributed by atoms with van der Waals surface area (Å²) in [6.07, 6.45) is 0.132. The van der Waals surface area contributed by atoms with Gasteiger partial charge in [-0.05, 0) is 23.8 Å². The van der Waals surface area contributed by atoms with Crippen LogP contribution in [0, 0.1) is 5.82 Å². The van der Waals surface area contributed by atoms with E-state index in [0.717, 1.165) is 24.0 Å². The summed E-state index contributed by atoms with van der Waals surface area (Å²) in [5, 5.41) is 0. The number of hydrogen-bond acceptors (Lipinski definition) is 3. The number of thiophene rings is 1. The third-order valence-corrected chi connectivity index (χ3v) is 5.25. The lowest BCUT2D eigenvalue weighted by atomic mass is 10.1. The first-order chi connectivity index (χ1) is 11.1. The van der Waals surface area contributed by atoms with Crippen molar-refractivity contribution in [3.8, 4) is 0 Å². The second kappa shape index (κ2) is 7.43. The van der Waals surface area contributed by atoms with Crippen LogP contribution in [-0.4, -0.2) is 41.9 Å². The molecule has 0 aliphatic carbocycles. The summed E-state index contributed by atoms with van der Waals surface area (Å²) in [5.41, 5.74) is 0.466. The maximum Gasteiger partial charge on any atom is 0.227 e. The molecule has 0 spiro atoms. The molecule has 0 saturated carbocycles. The van der Waals surface area contributed by atoms with Crippen LogP contribution in [0.25, 0.3) is 0 Å². The Kier molecular flexibility index (Phi) is 5.30. The Bertz CT molecular complexity index is 683. The van der Waals surface area contributed by atoms with Crippen LogP contribution in [0.3, 0.4) is 0 Å². The van der Waals surface area contributed by atoms with Gasteiger partial charge < -0.3 is 4.90 Å². The van der Waals surface area contributed by atoms with Gasteiger partial charge in [0, 0.05) is 37.6 Å². The number of rotatable bonds is 4. The van der Waals surface area contributed by atoms with Crippen LogP contribution in [0.15, 0.2) is 36.4 Å². The van der Waals surface area contributed by atoms with Crippen molar-refractivity contribution in [1.29, 1.82) is 0 Å². The lowest BCUT2D eigenvalue weighted by Crippen LogP contribution is -2.48. The summed E-state index contributed by atoms with van der Waals surface area (Å²) in [5.74, 6) is -0.317.